The van der Waals surface area contributed by atoms with Crippen LogP contribution in [-0.4, -0.2) is 16.0 Å². The third-order valence-corrected chi connectivity index (χ3v) is 4.50. The minimum atomic E-state index is -1.16. The van der Waals surface area contributed by atoms with Crippen LogP contribution < -0.4 is 0 Å². The molecule has 0 unspecified atom stereocenters. The van der Waals surface area contributed by atoms with E-state index in [1.54, 1.807) is 0 Å². The Hall–Kier alpha value is -1.61. The topological polar surface area (TPSA) is 80.4 Å². The minimum Gasteiger partial charge on any atom is -0.478 e. The van der Waals surface area contributed by atoms with Gasteiger partial charge < -0.3 is 5.11 Å². The van der Waals surface area contributed by atoms with Crippen molar-refractivity contribution in [2.75, 3.05) is 0 Å². The first-order valence-electron chi connectivity index (χ1n) is 5.86. The summed E-state index contributed by atoms with van der Waals surface area (Å²) in [5.74, 6) is -0.557. The van der Waals surface area contributed by atoms with Crippen molar-refractivity contribution in [1.82, 2.24) is 0 Å². The largest absolute Gasteiger partial charge is 0.478 e. The van der Waals surface area contributed by atoms with E-state index >= 15 is 0 Å². The third kappa shape index (κ3) is 4.18. The van der Waals surface area contributed by atoms with Crippen LogP contribution in [0.3, 0.4) is 0 Å². The fraction of sp³-hybridized carbons (Fsp3) is 0.0714. The molecule has 108 valence electrons. The lowest BCUT2D eigenvalue weighted by molar-refractivity contribution is -0.384. The molecule has 0 aliphatic carbocycles. The molecule has 0 atom stereocenters. The number of nitro benzene ring substituents is 1. The van der Waals surface area contributed by atoms with Gasteiger partial charge in [0.25, 0.3) is 5.69 Å². The molecule has 21 heavy (non-hydrogen) atoms. The van der Waals surface area contributed by atoms with Crippen molar-refractivity contribution in [2.45, 2.75) is 10.6 Å². The highest BCUT2D eigenvalue weighted by Crippen LogP contribution is 2.29. The van der Waals surface area contributed by atoms with Gasteiger partial charge in [-0.25, -0.2) is 4.79 Å². The first-order valence-corrected chi connectivity index (χ1v) is 7.93. The molecule has 7 heteroatoms. The molecular weight excluding hydrogens is 405 g/mol. The molecule has 0 amide bonds. The molecular formula is C14H10INO4S. The maximum absolute atomic E-state index is 11.2. The highest BCUT2D eigenvalue weighted by molar-refractivity contribution is 14.1. The van der Waals surface area contributed by atoms with E-state index in [0.29, 0.717) is 10.6 Å². The Kier molecular flexibility index (Phi) is 5.18. The van der Waals surface area contributed by atoms with Crippen LogP contribution >= 0.6 is 34.4 Å². The number of halogens is 1. The predicted octanol–water partition coefficient (Wildman–Crippen LogP) is 4.19. The lowest BCUT2D eigenvalue weighted by Crippen LogP contribution is -2.01. The lowest BCUT2D eigenvalue weighted by atomic mass is 10.2. The zero-order valence-corrected chi connectivity index (χ0v) is 13.6. The smallest absolute Gasteiger partial charge is 0.337 e. The number of nitrogens with zero attached hydrogens (tertiary/aromatic N) is 1. The van der Waals surface area contributed by atoms with Gasteiger partial charge in [0.15, 0.2) is 0 Å². The van der Waals surface area contributed by atoms with Crippen molar-refractivity contribution in [3.8, 4) is 0 Å². The fourth-order valence-corrected chi connectivity index (χ4v) is 3.29. The average molecular weight is 415 g/mol. The zero-order valence-electron chi connectivity index (χ0n) is 10.7. The molecule has 0 radical (unpaired) electrons. The summed E-state index contributed by atoms with van der Waals surface area (Å²) in [4.78, 5) is 21.9. The van der Waals surface area contributed by atoms with Crippen molar-refractivity contribution in [3.63, 3.8) is 0 Å². The van der Waals surface area contributed by atoms with Crippen LogP contribution in [0.15, 0.2) is 47.4 Å². The summed E-state index contributed by atoms with van der Waals surface area (Å²) in [5.41, 5.74) is 0.812. The minimum absolute atomic E-state index is 0.0418. The van der Waals surface area contributed by atoms with Crippen LogP contribution in [0.4, 0.5) is 5.69 Å². The Morgan fingerprint density at radius 2 is 2.05 bits per heavy atom. The van der Waals surface area contributed by atoms with Crippen molar-refractivity contribution >= 4 is 46.0 Å². The number of benzene rings is 2. The monoisotopic (exact) mass is 415 g/mol. The Balaban J connectivity index is 2.23. The number of hydrogen-bond donors (Lipinski definition) is 1. The maximum Gasteiger partial charge on any atom is 0.337 e. The van der Waals surface area contributed by atoms with Crippen molar-refractivity contribution in [2.24, 2.45) is 0 Å². The summed E-state index contributed by atoms with van der Waals surface area (Å²) < 4.78 is 1.10. The number of non-ortho nitro benzene ring substituents is 1. The molecule has 0 saturated heterocycles. The second kappa shape index (κ2) is 6.90. The van der Waals surface area contributed by atoms with E-state index in [1.165, 1.54) is 23.9 Å². The predicted molar refractivity (Wildman–Crippen MR) is 88.8 cm³/mol. The molecule has 0 aromatic heterocycles. The van der Waals surface area contributed by atoms with E-state index in [2.05, 4.69) is 22.6 Å². The van der Waals surface area contributed by atoms with Gasteiger partial charge in [-0.3, -0.25) is 10.1 Å². The summed E-state index contributed by atoms with van der Waals surface area (Å²) in [6.07, 6.45) is 0. The molecule has 0 aliphatic rings. The molecule has 2 aromatic rings. The highest BCUT2D eigenvalue weighted by atomic mass is 127. The number of hydrogen-bond acceptors (Lipinski definition) is 4. The molecule has 0 fully saturated rings. The van der Waals surface area contributed by atoms with Crippen LogP contribution in [0.1, 0.15) is 15.9 Å². The Bertz CT molecular complexity index is 705. The Labute approximate surface area is 138 Å². The molecule has 0 aliphatic heterocycles. The Morgan fingerprint density at radius 3 is 2.67 bits per heavy atom. The highest BCUT2D eigenvalue weighted by Gasteiger charge is 2.16. The molecule has 0 bridgehead atoms. The number of thioether (sulfide) groups is 1. The Morgan fingerprint density at radius 1 is 1.29 bits per heavy atom. The van der Waals surface area contributed by atoms with Gasteiger partial charge >= 0.3 is 5.97 Å². The quantitative estimate of drug-likeness (QED) is 0.343. The first kappa shape index (κ1) is 15.8. The zero-order chi connectivity index (χ0) is 15.4. The second-order valence-corrected chi connectivity index (χ2v) is 6.42. The van der Waals surface area contributed by atoms with Gasteiger partial charge in [-0.05, 0) is 46.4 Å². The number of rotatable bonds is 5. The van der Waals surface area contributed by atoms with Crippen LogP contribution in [0.2, 0.25) is 0 Å². The molecule has 0 spiro atoms. The molecule has 1 N–H and O–H groups in total. The molecule has 2 aromatic carbocycles. The van der Waals surface area contributed by atoms with E-state index < -0.39 is 10.9 Å². The van der Waals surface area contributed by atoms with Crippen LogP contribution in [0, 0.1) is 13.7 Å². The standard InChI is InChI=1S/C14H10INO4S/c15-10-3-1-2-9(6-10)8-21-13-5-4-11(16(19)20)7-12(13)14(17)18/h1-7H,8H2,(H,17,18). The van der Waals surface area contributed by atoms with Gasteiger partial charge in [0.2, 0.25) is 0 Å². The number of nitro groups is 1. The van der Waals surface area contributed by atoms with E-state index in [0.717, 1.165) is 15.2 Å². The maximum atomic E-state index is 11.2. The van der Waals surface area contributed by atoms with Gasteiger partial charge in [-0.2, -0.15) is 0 Å². The van der Waals surface area contributed by atoms with Crippen molar-refractivity contribution in [1.29, 1.82) is 0 Å². The molecule has 0 heterocycles. The van der Waals surface area contributed by atoms with Crippen molar-refractivity contribution in [3.05, 3.63) is 67.3 Å². The van der Waals surface area contributed by atoms with Crippen LogP contribution in [0.5, 0.6) is 0 Å². The fourth-order valence-electron chi connectivity index (χ4n) is 1.71. The lowest BCUT2D eigenvalue weighted by Gasteiger charge is -2.06. The van der Waals surface area contributed by atoms with Crippen LogP contribution in [-0.2, 0) is 5.75 Å². The van der Waals surface area contributed by atoms with Gasteiger partial charge in [0, 0.05) is 26.4 Å². The van der Waals surface area contributed by atoms with Crippen LogP contribution in [0.25, 0.3) is 0 Å². The van der Waals surface area contributed by atoms with E-state index in [-0.39, 0.29) is 11.3 Å². The first-order chi connectivity index (χ1) is 9.97. The van der Waals surface area contributed by atoms with Gasteiger partial charge in [0.1, 0.15) is 0 Å². The van der Waals surface area contributed by atoms with Crippen molar-refractivity contribution < 1.29 is 14.8 Å². The molecule has 0 saturated carbocycles. The summed E-state index contributed by atoms with van der Waals surface area (Å²) in [6.45, 7) is 0. The molecule has 5 nitrogen and oxygen atoms in total. The molecule has 2 rings (SSSR count). The van der Waals surface area contributed by atoms with E-state index in [1.807, 2.05) is 24.3 Å². The second-order valence-electron chi connectivity index (χ2n) is 4.16. The number of carbonyl (C=O) groups is 1. The van der Waals surface area contributed by atoms with Gasteiger partial charge in [-0.15, -0.1) is 11.8 Å². The summed E-state index contributed by atoms with van der Waals surface area (Å²) in [5, 5.41) is 19.9. The van der Waals surface area contributed by atoms with Gasteiger partial charge in [-0.1, -0.05) is 12.1 Å². The average Bonchev–Trinajstić information content (AvgIpc) is 2.44. The van der Waals surface area contributed by atoms with E-state index in [4.69, 9.17) is 0 Å². The number of carboxylic acid groups (broad SMARTS) is 1. The number of carboxylic acids is 1. The SMILES string of the molecule is O=C(O)c1cc([N+](=O)[O-])ccc1SCc1cccc(I)c1. The normalized spacial score (nSPS) is 10.3. The van der Waals surface area contributed by atoms with E-state index in [9.17, 15) is 20.0 Å². The van der Waals surface area contributed by atoms with Gasteiger partial charge in [0.05, 0.1) is 10.5 Å². The summed E-state index contributed by atoms with van der Waals surface area (Å²) >= 11 is 3.56. The summed E-state index contributed by atoms with van der Waals surface area (Å²) in [7, 11) is 0. The summed E-state index contributed by atoms with van der Waals surface area (Å²) in [6, 6.07) is 11.8. The number of aromatic carboxylic acids is 1. The third-order valence-electron chi connectivity index (χ3n) is 2.69.